The van der Waals surface area contributed by atoms with E-state index in [0.29, 0.717) is 11.7 Å². The van der Waals surface area contributed by atoms with Crippen LogP contribution < -0.4 is 10.6 Å². The third-order valence-corrected chi connectivity index (χ3v) is 4.20. The molecule has 2 aromatic rings. The molecule has 2 rings (SSSR count). The maximum Gasteiger partial charge on any atom is 0.191 e. The van der Waals surface area contributed by atoms with Gasteiger partial charge in [0.25, 0.3) is 0 Å². The smallest absolute Gasteiger partial charge is 0.191 e. The molecule has 1 atom stereocenters. The number of imidazole rings is 1. The molecule has 0 saturated heterocycles. The second-order valence-electron chi connectivity index (χ2n) is 6.68. The number of aromatic nitrogens is 2. The fourth-order valence-electron chi connectivity index (χ4n) is 2.63. The Morgan fingerprint density at radius 1 is 1.30 bits per heavy atom. The number of guanidine groups is 1. The first-order chi connectivity index (χ1) is 12.4. The molecule has 0 aliphatic heterocycles. The fraction of sp³-hybridized carbons (Fsp3) is 0.579. The van der Waals surface area contributed by atoms with Gasteiger partial charge in [0.1, 0.15) is 22.9 Å². The second-order valence-corrected chi connectivity index (χ2v) is 6.68. The van der Waals surface area contributed by atoms with Gasteiger partial charge in [-0.15, -0.1) is 24.0 Å². The van der Waals surface area contributed by atoms with Crippen LogP contribution in [0.2, 0.25) is 0 Å². The van der Waals surface area contributed by atoms with E-state index in [2.05, 4.69) is 25.2 Å². The molecule has 0 amide bonds. The monoisotopic (exact) mass is 489 g/mol. The van der Waals surface area contributed by atoms with E-state index in [1.807, 2.05) is 39.2 Å². The summed E-state index contributed by atoms with van der Waals surface area (Å²) in [6.45, 7) is 10.4. The number of halogens is 1. The molecule has 1 unspecified atom stereocenters. The van der Waals surface area contributed by atoms with Crippen LogP contribution in [-0.2, 0) is 12.1 Å². The highest BCUT2D eigenvalue weighted by Gasteiger charge is 2.26. The molecule has 0 fully saturated rings. The molecular formula is C19H32IN5O2. The van der Waals surface area contributed by atoms with Crippen molar-refractivity contribution in [2.24, 2.45) is 4.99 Å². The maximum atomic E-state index is 10.6. The molecule has 2 heterocycles. The number of hydrogen-bond donors (Lipinski definition) is 3. The summed E-state index contributed by atoms with van der Waals surface area (Å²) in [5.41, 5.74) is -1.13. The van der Waals surface area contributed by atoms with E-state index >= 15 is 0 Å². The topological polar surface area (TPSA) is 87.6 Å². The zero-order chi connectivity index (χ0) is 19.0. The number of aryl methyl sites for hydroxylation is 3. The standard InChI is InChI=1S/C19H31N5O2.HI/c1-5-20-18(22-10-6-7-12-24-13-11-21-16(24)3)23-14-19(4,25)17-9-8-15(2)26-17;/h8-9,11,13,25H,5-7,10,12,14H2,1-4H3,(H2,20,22,23);1H. The Morgan fingerprint density at radius 2 is 2.07 bits per heavy atom. The number of hydrogen-bond acceptors (Lipinski definition) is 4. The molecule has 0 aliphatic rings. The molecular weight excluding hydrogens is 457 g/mol. The first kappa shape index (κ1) is 23.5. The van der Waals surface area contributed by atoms with Crippen LogP contribution in [0.4, 0.5) is 0 Å². The van der Waals surface area contributed by atoms with Crippen LogP contribution in [0.25, 0.3) is 0 Å². The van der Waals surface area contributed by atoms with Gasteiger partial charge >= 0.3 is 0 Å². The Hall–Kier alpha value is -1.55. The highest BCUT2D eigenvalue weighted by molar-refractivity contribution is 14.0. The summed E-state index contributed by atoms with van der Waals surface area (Å²) in [4.78, 5) is 8.73. The Kier molecular flexibility index (Phi) is 9.86. The van der Waals surface area contributed by atoms with Gasteiger partial charge in [-0.25, -0.2) is 9.98 Å². The Labute approximate surface area is 178 Å². The average Bonchev–Trinajstić information content (AvgIpc) is 3.21. The minimum Gasteiger partial charge on any atom is -0.463 e. The normalized spacial score (nSPS) is 13.7. The molecule has 27 heavy (non-hydrogen) atoms. The van der Waals surface area contributed by atoms with E-state index < -0.39 is 5.60 Å². The quantitative estimate of drug-likeness (QED) is 0.218. The number of rotatable bonds is 9. The number of unbranched alkanes of at least 4 members (excludes halogenated alkanes) is 1. The summed E-state index contributed by atoms with van der Waals surface area (Å²) in [6.07, 6.45) is 5.92. The van der Waals surface area contributed by atoms with Crippen molar-refractivity contribution in [2.75, 3.05) is 19.6 Å². The van der Waals surface area contributed by atoms with Crippen molar-refractivity contribution in [3.05, 3.63) is 41.9 Å². The van der Waals surface area contributed by atoms with Crippen molar-refractivity contribution in [2.45, 2.75) is 52.7 Å². The van der Waals surface area contributed by atoms with Crippen molar-refractivity contribution in [1.29, 1.82) is 0 Å². The SMILES string of the molecule is CCNC(=NCC(C)(O)c1ccc(C)o1)NCCCCn1ccnc1C.I. The molecule has 2 aromatic heterocycles. The van der Waals surface area contributed by atoms with Crippen LogP contribution in [0, 0.1) is 13.8 Å². The molecule has 0 saturated carbocycles. The summed E-state index contributed by atoms with van der Waals surface area (Å²) in [5.74, 6) is 3.06. The van der Waals surface area contributed by atoms with Crippen molar-refractivity contribution in [3.8, 4) is 0 Å². The maximum absolute atomic E-state index is 10.6. The molecule has 8 heteroatoms. The minimum atomic E-state index is -1.13. The summed E-state index contributed by atoms with van der Waals surface area (Å²) in [5, 5.41) is 17.1. The van der Waals surface area contributed by atoms with Gasteiger partial charge in [0.05, 0.1) is 6.54 Å². The number of aliphatic hydroxyl groups is 1. The number of nitrogens with one attached hydrogen (secondary N) is 2. The summed E-state index contributed by atoms with van der Waals surface area (Å²) < 4.78 is 7.69. The lowest BCUT2D eigenvalue weighted by molar-refractivity contribution is 0.0428. The third kappa shape index (κ3) is 7.53. The van der Waals surface area contributed by atoms with E-state index in [4.69, 9.17) is 4.42 Å². The molecule has 0 aromatic carbocycles. The van der Waals surface area contributed by atoms with Crippen LogP contribution in [0.15, 0.2) is 33.9 Å². The summed E-state index contributed by atoms with van der Waals surface area (Å²) in [6, 6.07) is 3.64. The lowest BCUT2D eigenvalue weighted by Gasteiger charge is -2.19. The van der Waals surface area contributed by atoms with Gasteiger partial charge in [0, 0.05) is 32.0 Å². The summed E-state index contributed by atoms with van der Waals surface area (Å²) in [7, 11) is 0. The van der Waals surface area contributed by atoms with Gasteiger partial charge in [-0.2, -0.15) is 0 Å². The van der Waals surface area contributed by atoms with Crippen LogP contribution in [0.5, 0.6) is 0 Å². The molecule has 7 nitrogen and oxygen atoms in total. The van der Waals surface area contributed by atoms with E-state index in [0.717, 1.165) is 44.1 Å². The van der Waals surface area contributed by atoms with Crippen LogP contribution in [0.1, 0.15) is 44.0 Å². The van der Waals surface area contributed by atoms with Crippen molar-refractivity contribution in [3.63, 3.8) is 0 Å². The van der Waals surface area contributed by atoms with Crippen LogP contribution in [0.3, 0.4) is 0 Å². The summed E-state index contributed by atoms with van der Waals surface area (Å²) >= 11 is 0. The van der Waals surface area contributed by atoms with Crippen LogP contribution >= 0.6 is 24.0 Å². The Balaban J connectivity index is 0.00000364. The number of nitrogens with zero attached hydrogens (tertiary/aromatic N) is 3. The van der Waals surface area contributed by atoms with E-state index in [1.54, 1.807) is 13.0 Å². The van der Waals surface area contributed by atoms with Gasteiger partial charge in [0.2, 0.25) is 0 Å². The molecule has 0 spiro atoms. The van der Waals surface area contributed by atoms with Gasteiger partial charge in [-0.05, 0) is 52.7 Å². The highest BCUT2D eigenvalue weighted by Crippen LogP contribution is 2.22. The Morgan fingerprint density at radius 3 is 2.67 bits per heavy atom. The zero-order valence-corrected chi connectivity index (χ0v) is 19.0. The average molecular weight is 489 g/mol. The second kappa shape index (κ2) is 11.3. The van der Waals surface area contributed by atoms with Crippen LogP contribution in [-0.4, -0.2) is 40.3 Å². The Bertz CT molecular complexity index is 709. The lowest BCUT2D eigenvalue weighted by atomic mass is 10.0. The van der Waals surface area contributed by atoms with E-state index in [-0.39, 0.29) is 30.5 Å². The largest absolute Gasteiger partial charge is 0.463 e. The third-order valence-electron chi connectivity index (χ3n) is 4.20. The molecule has 152 valence electrons. The van der Waals surface area contributed by atoms with Gasteiger partial charge < -0.3 is 24.7 Å². The van der Waals surface area contributed by atoms with Crippen molar-refractivity contribution in [1.82, 2.24) is 20.2 Å². The molecule has 0 aliphatic carbocycles. The number of aliphatic imine (C=N–C) groups is 1. The predicted octanol–water partition coefficient (Wildman–Crippen LogP) is 2.95. The predicted molar refractivity (Wildman–Crippen MR) is 119 cm³/mol. The van der Waals surface area contributed by atoms with Gasteiger partial charge in [0.15, 0.2) is 5.96 Å². The number of furan rings is 1. The molecule has 3 N–H and O–H groups in total. The van der Waals surface area contributed by atoms with Crippen molar-refractivity contribution >= 4 is 29.9 Å². The first-order valence-electron chi connectivity index (χ1n) is 9.21. The van der Waals surface area contributed by atoms with Gasteiger partial charge in [-0.3, -0.25) is 0 Å². The van der Waals surface area contributed by atoms with E-state index in [1.165, 1.54) is 0 Å². The van der Waals surface area contributed by atoms with Crippen molar-refractivity contribution < 1.29 is 9.52 Å². The van der Waals surface area contributed by atoms with Gasteiger partial charge in [-0.1, -0.05) is 0 Å². The zero-order valence-electron chi connectivity index (χ0n) is 16.7. The molecule has 0 bridgehead atoms. The first-order valence-corrected chi connectivity index (χ1v) is 9.21. The lowest BCUT2D eigenvalue weighted by Crippen LogP contribution is -2.39. The molecule has 0 radical (unpaired) electrons. The highest BCUT2D eigenvalue weighted by atomic mass is 127. The minimum absolute atomic E-state index is 0. The fourth-order valence-corrected chi connectivity index (χ4v) is 2.63. The van der Waals surface area contributed by atoms with E-state index in [9.17, 15) is 5.11 Å².